The topological polar surface area (TPSA) is 48.5 Å². The van der Waals surface area contributed by atoms with Gasteiger partial charge < -0.3 is 4.57 Å². The van der Waals surface area contributed by atoms with E-state index >= 15 is 0 Å². The van der Waals surface area contributed by atoms with Crippen molar-refractivity contribution >= 4 is 11.6 Å². The highest BCUT2D eigenvalue weighted by molar-refractivity contribution is 6.30. The van der Waals surface area contributed by atoms with Gasteiger partial charge in [-0.3, -0.25) is 0 Å². The Morgan fingerprint density at radius 3 is 2.58 bits per heavy atom. The highest BCUT2D eigenvalue weighted by Gasteiger charge is 2.49. The minimum atomic E-state index is 0.0699. The van der Waals surface area contributed by atoms with E-state index in [0.717, 1.165) is 41.7 Å². The summed E-state index contributed by atoms with van der Waals surface area (Å²) in [6.07, 6.45) is 10.4. The lowest BCUT2D eigenvalue weighted by Crippen LogP contribution is -2.20. The Bertz CT molecular complexity index is 857. The van der Waals surface area contributed by atoms with Gasteiger partial charge in [-0.2, -0.15) is 5.10 Å². The summed E-state index contributed by atoms with van der Waals surface area (Å²) in [6.45, 7) is 0.906. The van der Waals surface area contributed by atoms with E-state index in [0.29, 0.717) is 5.92 Å². The van der Waals surface area contributed by atoms with Crippen LogP contribution in [0.2, 0.25) is 5.02 Å². The van der Waals surface area contributed by atoms with E-state index in [1.165, 1.54) is 12.8 Å². The van der Waals surface area contributed by atoms with Gasteiger partial charge in [0, 0.05) is 35.3 Å². The molecular weight excluding hydrogens is 322 g/mol. The SMILES string of the molecule is Clc1ccc(-n2nc(C3CC3)nc2C2(Cn3ccnc3)CC2)cc1. The fourth-order valence-electron chi connectivity index (χ4n) is 3.28. The summed E-state index contributed by atoms with van der Waals surface area (Å²) in [6, 6.07) is 7.86. The minimum Gasteiger partial charge on any atom is -0.336 e. The zero-order valence-corrected chi connectivity index (χ0v) is 14.0. The largest absolute Gasteiger partial charge is 0.336 e. The molecule has 0 unspecified atom stereocenters. The zero-order chi connectivity index (χ0) is 16.1. The van der Waals surface area contributed by atoms with Crippen LogP contribution in [0.15, 0.2) is 43.0 Å². The van der Waals surface area contributed by atoms with E-state index in [4.69, 9.17) is 21.7 Å². The summed E-state index contributed by atoms with van der Waals surface area (Å²) in [5.41, 5.74) is 1.10. The van der Waals surface area contributed by atoms with Crippen LogP contribution in [0.25, 0.3) is 5.69 Å². The third kappa shape index (κ3) is 2.44. The molecule has 2 fully saturated rings. The lowest BCUT2D eigenvalue weighted by molar-refractivity contribution is 0.507. The molecular formula is C18H18ClN5. The molecule has 0 amide bonds. The van der Waals surface area contributed by atoms with E-state index < -0.39 is 0 Å². The summed E-state index contributed by atoms with van der Waals surface area (Å²) < 4.78 is 4.18. The maximum Gasteiger partial charge on any atom is 0.154 e. The van der Waals surface area contributed by atoms with Crippen LogP contribution in [0.4, 0.5) is 0 Å². The van der Waals surface area contributed by atoms with E-state index in [-0.39, 0.29) is 5.41 Å². The molecule has 0 saturated heterocycles. The van der Waals surface area contributed by atoms with Gasteiger partial charge in [0.25, 0.3) is 0 Å². The number of halogens is 1. The molecule has 122 valence electrons. The summed E-state index contributed by atoms with van der Waals surface area (Å²) >= 11 is 6.05. The summed E-state index contributed by atoms with van der Waals surface area (Å²) in [7, 11) is 0. The number of rotatable bonds is 5. The highest BCUT2D eigenvalue weighted by Crippen LogP contribution is 2.50. The molecule has 0 bridgehead atoms. The van der Waals surface area contributed by atoms with Crippen LogP contribution in [-0.4, -0.2) is 24.3 Å². The van der Waals surface area contributed by atoms with Crippen molar-refractivity contribution in [1.82, 2.24) is 24.3 Å². The van der Waals surface area contributed by atoms with Crippen LogP contribution in [-0.2, 0) is 12.0 Å². The molecule has 6 heteroatoms. The van der Waals surface area contributed by atoms with Crippen LogP contribution >= 0.6 is 11.6 Å². The minimum absolute atomic E-state index is 0.0699. The molecule has 2 aliphatic carbocycles. The fraction of sp³-hybridized carbons (Fsp3) is 0.389. The average molecular weight is 340 g/mol. The maximum absolute atomic E-state index is 6.05. The van der Waals surface area contributed by atoms with Gasteiger partial charge in [-0.05, 0) is 49.9 Å². The number of hydrogen-bond acceptors (Lipinski definition) is 3. The number of aromatic nitrogens is 5. The van der Waals surface area contributed by atoms with Gasteiger partial charge in [0.1, 0.15) is 5.82 Å². The molecule has 1 aromatic carbocycles. The van der Waals surface area contributed by atoms with E-state index in [1.54, 1.807) is 0 Å². The second kappa shape index (κ2) is 5.18. The second-order valence-corrected chi connectivity index (χ2v) is 7.41. The quantitative estimate of drug-likeness (QED) is 0.711. The first kappa shape index (κ1) is 14.2. The normalized spacial score (nSPS) is 18.7. The molecule has 5 nitrogen and oxygen atoms in total. The monoisotopic (exact) mass is 339 g/mol. The Morgan fingerprint density at radius 1 is 1.17 bits per heavy atom. The van der Waals surface area contributed by atoms with E-state index in [1.807, 2.05) is 47.7 Å². The summed E-state index contributed by atoms with van der Waals surface area (Å²) in [4.78, 5) is 9.14. The number of imidazole rings is 1. The zero-order valence-electron chi connectivity index (χ0n) is 13.3. The third-order valence-electron chi connectivity index (χ3n) is 5.01. The maximum atomic E-state index is 6.05. The Hall–Kier alpha value is -2.14. The molecule has 24 heavy (non-hydrogen) atoms. The van der Waals surface area contributed by atoms with Crippen molar-refractivity contribution in [3.8, 4) is 5.69 Å². The van der Waals surface area contributed by atoms with E-state index in [2.05, 4.69) is 9.55 Å². The highest BCUT2D eigenvalue weighted by atomic mass is 35.5. The summed E-state index contributed by atoms with van der Waals surface area (Å²) in [5.74, 6) is 2.62. The van der Waals surface area contributed by atoms with Gasteiger partial charge in [0.05, 0.1) is 12.0 Å². The first-order valence-electron chi connectivity index (χ1n) is 8.43. The van der Waals surface area contributed by atoms with Crippen molar-refractivity contribution in [3.63, 3.8) is 0 Å². The molecule has 0 spiro atoms. The van der Waals surface area contributed by atoms with Crippen molar-refractivity contribution in [3.05, 3.63) is 59.7 Å². The molecule has 5 rings (SSSR count). The number of nitrogens with zero attached hydrogens (tertiary/aromatic N) is 5. The van der Waals surface area contributed by atoms with Crippen molar-refractivity contribution < 1.29 is 0 Å². The molecule has 0 atom stereocenters. The molecule has 2 aliphatic rings. The molecule has 0 aliphatic heterocycles. The van der Waals surface area contributed by atoms with Gasteiger partial charge in [0.2, 0.25) is 0 Å². The van der Waals surface area contributed by atoms with E-state index in [9.17, 15) is 0 Å². The Labute approximate surface area is 145 Å². The molecule has 0 N–H and O–H groups in total. The second-order valence-electron chi connectivity index (χ2n) is 6.97. The Morgan fingerprint density at radius 2 is 1.96 bits per heavy atom. The van der Waals surface area contributed by atoms with Crippen LogP contribution in [0.3, 0.4) is 0 Å². The van der Waals surface area contributed by atoms with Gasteiger partial charge in [-0.25, -0.2) is 14.6 Å². The Kier molecular flexibility index (Phi) is 3.07. The molecule has 2 aromatic heterocycles. The smallest absolute Gasteiger partial charge is 0.154 e. The lowest BCUT2D eigenvalue weighted by atomic mass is 10.1. The predicted molar refractivity (Wildman–Crippen MR) is 91.5 cm³/mol. The number of hydrogen-bond donors (Lipinski definition) is 0. The van der Waals surface area contributed by atoms with Crippen LogP contribution in [0, 0.1) is 0 Å². The molecule has 0 radical (unpaired) electrons. The first-order valence-corrected chi connectivity index (χ1v) is 8.80. The van der Waals surface area contributed by atoms with Crippen molar-refractivity contribution in [2.45, 2.75) is 43.6 Å². The number of benzene rings is 1. The fourth-order valence-corrected chi connectivity index (χ4v) is 3.41. The van der Waals surface area contributed by atoms with Gasteiger partial charge in [-0.15, -0.1) is 0 Å². The predicted octanol–water partition coefficient (Wildman–Crippen LogP) is 3.73. The summed E-state index contributed by atoms with van der Waals surface area (Å²) in [5, 5.41) is 5.58. The first-order chi connectivity index (χ1) is 11.7. The van der Waals surface area contributed by atoms with Crippen molar-refractivity contribution in [2.75, 3.05) is 0 Å². The standard InChI is InChI=1S/C18H18ClN5/c19-14-3-5-15(6-4-14)24-17(21-16(22-24)13-1-2-13)18(7-8-18)11-23-10-9-20-12-23/h3-6,9-10,12-13H,1-2,7-8,11H2. The molecule has 2 heterocycles. The third-order valence-corrected chi connectivity index (χ3v) is 5.26. The van der Waals surface area contributed by atoms with Crippen LogP contribution in [0.5, 0.6) is 0 Å². The van der Waals surface area contributed by atoms with Crippen LogP contribution < -0.4 is 0 Å². The molecule has 3 aromatic rings. The van der Waals surface area contributed by atoms with Gasteiger partial charge in [-0.1, -0.05) is 11.6 Å². The van der Waals surface area contributed by atoms with Gasteiger partial charge in [0.15, 0.2) is 5.82 Å². The Balaban J connectivity index is 1.58. The van der Waals surface area contributed by atoms with Gasteiger partial charge >= 0.3 is 0 Å². The average Bonchev–Trinajstić information content (AvgIpc) is 3.48. The lowest BCUT2D eigenvalue weighted by Gasteiger charge is -2.16. The van der Waals surface area contributed by atoms with Crippen LogP contribution in [0.1, 0.15) is 43.3 Å². The van der Waals surface area contributed by atoms with Crippen molar-refractivity contribution in [1.29, 1.82) is 0 Å². The molecule has 2 saturated carbocycles. The van der Waals surface area contributed by atoms with Crippen molar-refractivity contribution in [2.24, 2.45) is 0 Å².